The van der Waals surface area contributed by atoms with Gasteiger partial charge in [0.1, 0.15) is 29.6 Å². The summed E-state index contributed by atoms with van der Waals surface area (Å²) in [5.41, 5.74) is 1.68. The van der Waals surface area contributed by atoms with Gasteiger partial charge in [-0.05, 0) is 34.7 Å². The first-order chi connectivity index (χ1) is 20.5. The first kappa shape index (κ1) is 30.4. The maximum atomic E-state index is 15.0. The van der Waals surface area contributed by atoms with E-state index in [-0.39, 0.29) is 23.2 Å². The van der Waals surface area contributed by atoms with Gasteiger partial charge in [-0.3, -0.25) is 4.79 Å². The number of amides is 1. The Morgan fingerprint density at radius 2 is 1.63 bits per heavy atom. The van der Waals surface area contributed by atoms with E-state index >= 15 is 0 Å². The maximum absolute atomic E-state index is 15.0. The Morgan fingerprint density at radius 3 is 2.26 bits per heavy atom. The Balaban J connectivity index is 1.37. The number of nitrogens with one attached hydrogen (secondary N) is 1. The number of aromatic nitrogens is 3. The maximum Gasteiger partial charge on any atom is 0.239 e. The number of carbonyl (C=O) groups is 1. The third-order valence-electron chi connectivity index (χ3n) is 7.40. The fraction of sp³-hybridized carbons (Fsp3) is 0.323. The Kier molecular flexibility index (Phi) is 8.97. The normalized spacial score (nSPS) is 18.2. The average molecular weight is 612 g/mol. The molecule has 5 rings (SSSR count). The number of halogens is 3. The zero-order chi connectivity index (χ0) is 30.7. The summed E-state index contributed by atoms with van der Waals surface area (Å²) in [5, 5.41) is 10.7. The molecule has 3 atom stereocenters. The molecule has 1 N–H and O–H groups in total. The monoisotopic (exact) mass is 611 g/mol. The molecule has 0 unspecified atom stereocenters. The van der Waals surface area contributed by atoms with E-state index in [0.717, 1.165) is 22.0 Å². The zero-order valence-electron chi connectivity index (χ0n) is 23.7. The van der Waals surface area contributed by atoms with Gasteiger partial charge >= 0.3 is 0 Å². The predicted molar refractivity (Wildman–Crippen MR) is 155 cm³/mol. The molecule has 12 heteroatoms. The molecule has 0 aliphatic carbocycles. The van der Waals surface area contributed by atoms with E-state index in [4.69, 9.17) is 0 Å². The molecule has 226 valence electrons. The van der Waals surface area contributed by atoms with E-state index in [1.807, 2.05) is 30.3 Å². The van der Waals surface area contributed by atoms with Crippen molar-refractivity contribution in [2.75, 3.05) is 6.54 Å². The molecule has 1 aliphatic heterocycles. The molecule has 3 aromatic carbocycles. The topological polar surface area (TPSA) is 97.2 Å². The zero-order valence-corrected chi connectivity index (χ0v) is 24.5. The van der Waals surface area contributed by atoms with Gasteiger partial charge in [0.25, 0.3) is 0 Å². The van der Waals surface area contributed by atoms with E-state index < -0.39 is 64.0 Å². The summed E-state index contributed by atoms with van der Waals surface area (Å²) in [6.07, 6.45) is -0.435. The van der Waals surface area contributed by atoms with Crippen LogP contribution in [0.15, 0.2) is 79.0 Å². The highest BCUT2D eigenvalue weighted by Gasteiger charge is 2.44. The molecule has 1 fully saturated rings. The van der Waals surface area contributed by atoms with Crippen molar-refractivity contribution in [2.45, 2.75) is 56.7 Å². The van der Waals surface area contributed by atoms with Crippen molar-refractivity contribution in [3.63, 3.8) is 0 Å². The van der Waals surface area contributed by atoms with Crippen LogP contribution in [0.1, 0.15) is 60.2 Å². The van der Waals surface area contributed by atoms with Crippen molar-refractivity contribution in [3.8, 4) is 0 Å². The summed E-state index contributed by atoms with van der Waals surface area (Å²) in [6, 6.07) is 17.9. The van der Waals surface area contributed by atoms with Crippen LogP contribution in [0.3, 0.4) is 0 Å². The second-order valence-electron chi connectivity index (χ2n) is 11.0. The smallest absolute Gasteiger partial charge is 0.239 e. The fourth-order valence-corrected chi connectivity index (χ4v) is 7.02. The van der Waals surface area contributed by atoms with E-state index in [2.05, 4.69) is 15.6 Å². The van der Waals surface area contributed by atoms with Crippen LogP contribution in [0.25, 0.3) is 0 Å². The van der Waals surface area contributed by atoms with Crippen LogP contribution < -0.4 is 5.32 Å². The molecule has 8 nitrogen and oxygen atoms in total. The molecule has 0 spiro atoms. The van der Waals surface area contributed by atoms with Gasteiger partial charge in [-0.2, -0.15) is 4.31 Å². The van der Waals surface area contributed by atoms with Crippen molar-refractivity contribution in [2.24, 2.45) is 0 Å². The lowest BCUT2D eigenvalue weighted by molar-refractivity contribution is -0.124. The highest BCUT2D eigenvalue weighted by Crippen LogP contribution is 2.31. The number of rotatable bonds is 10. The van der Waals surface area contributed by atoms with E-state index in [1.54, 1.807) is 44.2 Å². The van der Waals surface area contributed by atoms with E-state index in [0.29, 0.717) is 12.1 Å². The third kappa shape index (κ3) is 6.97. The Bertz CT molecular complexity index is 1660. The van der Waals surface area contributed by atoms with Crippen LogP contribution >= 0.6 is 0 Å². The van der Waals surface area contributed by atoms with Crippen molar-refractivity contribution in [3.05, 3.63) is 119 Å². The standard InChI is InChI=1S/C31H32F3N5O3S/c1-20(2)29-26(33)13-23(14-27(29)34)30(22-11-7-4-8-12-22)35-31(40)28-15-24(32)17-39(28)43(41,42)19-25-18-38(37-36-25)16-21-9-5-3-6-10-21/h3-14,18,20,24,28,30H,15-17,19H2,1-2H3,(H,35,40)/t24-,28+,30+/m1/s1. The van der Waals surface area contributed by atoms with Crippen LogP contribution in [0.5, 0.6) is 0 Å². The number of hydrogen-bond acceptors (Lipinski definition) is 5. The molecule has 1 aliphatic rings. The van der Waals surface area contributed by atoms with E-state index in [1.165, 1.54) is 10.9 Å². The van der Waals surface area contributed by atoms with Gasteiger partial charge in [0.2, 0.25) is 15.9 Å². The van der Waals surface area contributed by atoms with Gasteiger partial charge in [-0.15, -0.1) is 5.10 Å². The summed E-state index contributed by atoms with van der Waals surface area (Å²) in [5.74, 6) is -3.27. The number of sulfonamides is 1. The molecule has 4 aromatic rings. The lowest BCUT2D eigenvalue weighted by atomic mass is 9.94. The summed E-state index contributed by atoms with van der Waals surface area (Å²) in [6.45, 7) is 3.23. The van der Waals surface area contributed by atoms with Crippen molar-refractivity contribution >= 4 is 15.9 Å². The molecular formula is C31H32F3N5O3S. The number of hydrogen-bond donors (Lipinski definition) is 1. The second-order valence-corrected chi connectivity index (χ2v) is 12.9. The summed E-state index contributed by atoms with van der Waals surface area (Å²) < 4.78 is 73.9. The summed E-state index contributed by atoms with van der Waals surface area (Å²) in [7, 11) is -4.20. The molecule has 1 saturated heterocycles. The van der Waals surface area contributed by atoms with Crippen LogP contribution in [0, 0.1) is 11.6 Å². The van der Waals surface area contributed by atoms with Gasteiger partial charge < -0.3 is 5.32 Å². The predicted octanol–water partition coefficient (Wildman–Crippen LogP) is 4.88. The van der Waals surface area contributed by atoms with Crippen LogP contribution in [0.2, 0.25) is 0 Å². The minimum Gasteiger partial charge on any atom is -0.344 e. The van der Waals surface area contributed by atoms with Crippen LogP contribution in [-0.4, -0.2) is 52.4 Å². The SMILES string of the molecule is CC(C)c1c(F)cc([C@@H](NC(=O)[C@@H]2C[C@@H](F)CN2S(=O)(=O)Cc2cn(Cc3ccccc3)nn2)c2ccccc2)cc1F. The first-order valence-corrected chi connectivity index (χ1v) is 15.5. The lowest BCUT2D eigenvalue weighted by Crippen LogP contribution is -2.47. The van der Waals surface area contributed by atoms with Crippen molar-refractivity contribution in [1.82, 2.24) is 24.6 Å². The van der Waals surface area contributed by atoms with E-state index in [9.17, 15) is 26.4 Å². The van der Waals surface area contributed by atoms with Gasteiger partial charge in [0.05, 0.1) is 18.3 Å². The fourth-order valence-electron chi connectivity index (χ4n) is 5.39. The van der Waals surface area contributed by atoms with Crippen molar-refractivity contribution in [1.29, 1.82) is 0 Å². The Morgan fingerprint density at radius 1 is 1.00 bits per heavy atom. The average Bonchev–Trinajstić information content (AvgIpc) is 3.58. The van der Waals surface area contributed by atoms with Gasteiger partial charge in [-0.1, -0.05) is 79.7 Å². The molecule has 0 radical (unpaired) electrons. The minimum absolute atomic E-state index is 0.0732. The summed E-state index contributed by atoms with van der Waals surface area (Å²) in [4.78, 5) is 13.6. The van der Waals surface area contributed by atoms with Crippen LogP contribution in [0.4, 0.5) is 13.2 Å². The van der Waals surface area contributed by atoms with Gasteiger partial charge in [-0.25, -0.2) is 26.3 Å². The second kappa shape index (κ2) is 12.7. The molecule has 43 heavy (non-hydrogen) atoms. The molecule has 1 amide bonds. The number of nitrogens with zero attached hydrogens (tertiary/aromatic N) is 4. The third-order valence-corrected chi connectivity index (χ3v) is 9.18. The summed E-state index contributed by atoms with van der Waals surface area (Å²) >= 11 is 0. The van der Waals surface area contributed by atoms with Gasteiger partial charge in [0.15, 0.2) is 0 Å². The Labute approximate surface area is 248 Å². The Hall–Kier alpha value is -4.03. The first-order valence-electron chi connectivity index (χ1n) is 13.9. The largest absolute Gasteiger partial charge is 0.344 e. The molecule has 2 heterocycles. The lowest BCUT2D eigenvalue weighted by Gasteiger charge is -2.26. The minimum atomic E-state index is -4.20. The van der Waals surface area contributed by atoms with Crippen molar-refractivity contribution < 1.29 is 26.4 Å². The molecule has 0 bridgehead atoms. The number of carbonyl (C=O) groups excluding carboxylic acids is 1. The number of alkyl halides is 1. The molecule has 1 aromatic heterocycles. The highest BCUT2D eigenvalue weighted by molar-refractivity contribution is 7.88. The highest BCUT2D eigenvalue weighted by atomic mass is 32.2. The quantitative estimate of drug-likeness (QED) is 0.276. The van der Waals surface area contributed by atoms with Gasteiger partial charge in [0, 0.05) is 24.7 Å². The molecule has 0 saturated carbocycles. The number of benzene rings is 3. The van der Waals surface area contributed by atoms with Crippen LogP contribution in [-0.2, 0) is 27.1 Å². The molecular weight excluding hydrogens is 579 g/mol.